The maximum absolute atomic E-state index is 11.0. The number of para-hydroxylation sites is 1. The lowest BCUT2D eigenvalue weighted by atomic mass is 9.84. The van der Waals surface area contributed by atoms with Gasteiger partial charge in [0.2, 0.25) is 5.91 Å². The first-order valence-corrected chi connectivity index (χ1v) is 5.72. The lowest BCUT2D eigenvalue weighted by Gasteiger charge is -2.23. The molecule has 3 heteroatoms. The molecule has 0 fully saturated rings. The summed E-state index contributed by atoms with van der Waals surface area (Å²) >= 11 is 0. The average molecular weight is 231 g/mol. The van der Waals surface area contributed by atoms with Crippen LogP contribution in [0.15, 0.2) is 34.9 Å². The van der Waals surface area contributed by atoms with Gasteiger partial charge in [-0.05, 0) is 6.07 Å². The van der Waals surface area contributed by atoms with Crippen molar-refractivity contribution >= 4 is 16.9 Å². The molecule has 17 heavy (non-hydrogen) atoms. The molecule has 0 atom stereocenters. The summed E-state index contributed by atoms with van der Waals surface area (Å²) in [5.41, 5.74) is 1.87. The number of hydrogen-bond acceptors (Lipinski definition) is 2. The number of carbonyl (C=O) groups is 1. The summed E-state index contributed by atoms with van der Waals surface area (Å²) in [5.74, 6) is -0.00845. The zero-order valence-electron chi connectivity index (χ0n) is 10.4. The molecule has 0 bridgehead atoms. The third-order valence-corrected chi connectivity index (χ3v) is 2.99. The van der Waals surface area contributed by atoms with Gasteiger partial charge < -0.3 is 9.73 Å². The summed E-state index contributed by atoms with van der Waals surface area (Å²) in [6.45, 7) is 6.33. The fourth-order valence-corrected chi connectivity index (χ4v) is 1.94. The van der Waals surface area contributed by atoms with E-state index in [0.29, 0.717) is 6.54 Å². The zero-order chi connectivity index (χ0) is 12.5. The standard InChI is InChI=1S/C14H17NO2/c1-10(16)15-9-14(2,3)12-8-17-13-7-5-4-6-11(12)13/h4-8H,9H2,1-3H3,(H,15,16). The van der Waals surface area contributed by atoms with E-state index in [0.717, 1.165) is 16.5 Å². The molecule has 0 aliphatic rings. The molecule has 2 aromatic rings. The van der Waals surface area contributed by atoms with E-state index in [4.69, 9.17) is 4.42 Å². The minimum absolute atomic E-state index is 0.00845. The third-order valence-electron chi connectivity index (χ3n) is 2.99. The van der Waals surface area contributed by atoms with Crippen molar-refractivity contribution in [2.24, 2.45) is 0 Å². The number of furan rings is 1. The first kappa shape index (κ1) is 11.7. The van der Waals surface area contributed by atoms with Gasteiger partial charge in [0.15, 0.2) is 0 Å². The second-order valence-electron chi connectivity index (χ2n) is 4.94. The Morgan fingerprint density at radius 3 is 2.76 bits per heavy atom. The first-order chi connectivity index (χ1) is 8.00. The Balaban J connectivity index is 2.35. The van der Waals surface area contributed by atoms with Gasteiger partial charge >= 0.3 is 0 Å². The SMILES string of the molecule is CC(=O)NCC(C)(C)c1coc2ccccc12. The van der Waals surface area contributed by atoms with E-state index in [1.165, 1.54) is 6.92 Å². The van der Waals surface area contributed by atoms with Gasteiger partial charge in [-0.2, -0.15) is 0 Å². The molecule has 2 rings (SSSR count). The number of carbonyl (C=O) groups excluding carboxylic acids is 1. The number of rotatable bonds is 3. The predicted molar refractivity (Wildman–Crippen MR) is 67.9 cm³/mol. The molecule has 0 saturated carbocycles. The van der Waals surface area contributed by atoms with Crippen molar-refractivity contribution in [3.63, 3.8) is 0 Å². The molecule has 90 valence electrons. The number of hydrogen-bond donors (Lipinski definition) is 1. The van der Waals surface area contributed by atoms with Crippen LogP contribution in [0.2, 0.25) is 0 Å². The topological polar surface area (TPSA) is 42.2 Å². The molecule has 0 unspecified atom stereocenters. The molecule has 1 aromatic heterocycles. The van der Waals surface area contributed by atoms with Gasteiger partial charge in [-0.3, -0.25) is 4.79 Å². The van der Waals surface area contributed by atoms with Crippen LogP contribution in [0.25, 0.3) is 11.0 Å². The minimum atomic E-state index is -0.141. The van der Waals surface area contributed by atoms with Gasteiger partial charge in [0.1, 0.15) is 5.58 Å². The van der Waals surface area contributed by atoms with Gasteiger partial charge in [0.05, 0.1) is 6.26 Å². The maximum atomic E-state index is 11.0. The van der Waals surface area contributed by atoms with E-state index < -0.39 is 0 Å². The summed E-state index contributed by atoms with van der Waals surface area (Å²) in [6, 6.07) is 7.95. The van der Waals surface area contributed by atoms with Crippen molar-refractivity contribution in [2.75, 3.05) is 6.54 Å². The highest BCUT2D eigenvalue weighted by Crippen LogP contribution is 2.31. The van der Waals surface area contributed by atoms with Gasteiger partial charge in [-0.15, -0.1) is 0 Å². The van der Waals surface area contributed by atoms with Crippen LogP contribution in [0.5, 0.6) is 0 Å². The van der Waals surface area contributed by atoms with Crippen LogP contribution in [-0.2, 0) is 10.2 Å². The van der Waals surface area contributed by atoms with Crippen molar-refractivity contribution in [3.8, 4) is 0 Å². The zero-order valence-corrected chi connectivity index (χ0v) is 10.4. The van der Waals surface area contributed by atoms with Gasteiger partial charge in [0, 0.05) is 29.8 Å². The van der Waals surface area contributed by atoms with E-state index in [9.17, 15) is 4.79 Å². The van der Waals surface area contributed by atoms with Crippen molar-refractivity contribution < 1.29 is 9.21 Å². The van der Waals surface area contributed by atoms with Crippen molar-refractivity contribution in [3.05, 3.63) is 36.1 Å². The Morgan fingerprint density at radius 1 is 1.35 bits per heavy atom. The van der Waals surface area contributed by atoms with Crippen molar-refractivity contribution in [1.82, 2.24) is 5.32 Å². The lowest BCUT2D eigenvalue weighted by molar-refractivity contribution is -0.119. The number of amides is 1. The summed E-state index contributed by atoms with van der Waals surface area (Å²) in [5, 5.41) is 3.97. The monoisotopic (exact) mass is 231 g/mol. The Labute approximate surface area is 101 Å². The van der Waals surface area contributed by atoms with Crippen LogP contribution in [0, 0.1) is 0 Å². The maximum Gasteiger partial charge on any atom is 0.216 e. The second-order valence-corrected chi connectivity index (χ2v) is 4.94. The average Bonchev–Trinajstić information content (AvgIpc) is 2.71. The summed E-state index contributed by atoms with van der Waals surface area (Å²) < 4.78 is 5.53. The first-order valence-electron chi connectivity index (χ1n) is 5.72. The Morgan fingerprint density at radius 2 is 2.06 bits per heavy atom. The van der Waals surface area contributed by atoms with E-state index in [1.54, 1.807) is 6.26 Å². The molecule has 1 heterocycles. The quantitative estimate of drug-likeness (QED) is 0.882. The lowest BCUT2D eigenvalue weighted by Crippen LogP contribution is -2.35. The smallest absolute Gasteiger partial charge is 0.216 e. The highest BCUT2D eigenvalue weighted by atomic mass is 16.3. The molecule has 1 amide bonds. The fourth-order valence-electron chi connectivity index (χ4n) is 1.94. The summed E-state index contributed by atoms with van der Waals surface area (Å²) in [6.07, 6.45) is 1.78. The number of nitrogens with one attached hydrogen (secondary N) is 1. The Bertz CT molecular complexity index is 540. The van der Waals surface area contributed by atoms with E-state index >= 15 is 0 Å². The van der Waals surface area contributed by atoms with E-state index in [2.05, 4.69) is 19.2 Å². The molecular weight excluding hydrogens is 214 g/mol. The predicted octanol–water partition coefficient (Wildman–Crippen LogP) is 2.85. The molecule has 0 saturated heterocycles. The van der Waals surface area contributed by atoms with Gasteiger partial charge in [-0.25, -0.2) is 0 Å². The van der Waals surface area contributed by atoms with Crippen LogP contribution in [0.4, 0.5) is 0 Å². The third kappa shape index (κ3) is 2.33. The molecular formula is C14H17NO2. The highest BCUT2D eigenvalue weighted by molar-refractivity contribution is 5.82. The molecule has 0 radical (unpaired) electrons. The number of fused-ring (bicyclic) bond motifs is 1. The molecule has 0 spiro atoms. The fraction of sp³-hybridized carbons (Fsp3) is 0.357. The van der Waals surface area contributed by atoms with Crippen LogP contribution < -0.4 is 5.32 Å². The second kappa shape index (κ2) is 4.24. The van der Waals surface area contributed by atoms with Crippen molar-refractivity contribution in [2.45, 2.75) is 26.2 Å². The largest absolute Gasteiger partial charge is 0.464 e. The Hall–Kier alpha value is -1.77. The summed E-state index contributed by atoms with van der Waals surface area (Å²) in [4.78, 5) is 11.0. The molecule has 1 N–H and O–H groups in total. The molecule has 3 nitrogen and oxygen atoms in total. The van der Waals surface area contributed by atoms with Crippen LogP contribution in [-0.4, -0.2) is 12.5 Å². The van der Waals surface area contributed by atoms with Crippen LogP contribution >= 0.6 is 0 Å². The van der Waals surface area contributed by atoms with Crippen LogP contribution in [0.3, 0.4) is 0 Å². The Kier molecular flexibility index (Phi) is 2.92. The van der Waals surface area contributed by atoms with E-state index in [-0.39, 0.29) is 11.3 Å². The van der Waals surface area contributed by atoms with Gasteiger partial charge in [-0.1, -0.05) is 32.0 Å². The number of benzene rings is 1. The van der Waals surface area contributed by atoms with Crippen LogP contribution in [0.1, 0.15) is 26.3 Å². The van der Waals surface area contributed by atoms with Crippen molar-refractivity contribution in [1.29, 1.82) is 0 Å². The highest BCUT2D eigenvalue weighted by Gasteiger charge is 2.25. The normalized spacial score (nSPS) is 11.7. The van der Waals surface area contributed by atoms with E-state index in [1.807, 2.05) is 24.3 Å². The molecule has 0 aliphatic carbocycles. The molecule has 1 aromatic carbocycles. The summed E-state index contributed by atoms with van der Waals surface area (Å²) in [7, 11) is 0. The minimum Gasteiger partial charge on any atom is -0.464 e. The molecule has 0 aliphatic heterocycles. The van der Waals surface area contributed by atoms with Gasteiger partial charge in [0.25, 0.3) is 0 Å².